The van der Waals surface area contributed by atoms with Gasteiger partial charge < -0.3 is 10.4 Å². The number of rotatable bonds is 4. The molecule has 1 saturated heterocycles. The van der Waals surface area contributed by atoms with Gasteiger partial charge in [-0.3, -0.25) is 24.1 Å². The van der Waals surface area contributed by atoms with Crippen molar-refractivity contribution in [2.75, 3.05) is 13.1 Å². The minimum absolute atomic E-state index is 0.236. The number of carbonyl (C=O) groups is 4. The molecule has 0 aromatic carbocycles. The summed E-state index contributed by atoms with van der Waals surface area (Å²) in [6.07, 6.45) is 0.588. The van der Waals surface area contributed by atoms with Crippen molar-refractivity contribution >= 4 is 23.7 Å². The minimum atomic E-state index is -1.17. The number of imide groups is 1. The number of piperidine rings is 1. The third-order valence-corrected chi connectivity index (χ3v) is 2.70. The number of carboxylic acids is 1. The van der Waals surface area contributed by atoms with E-state index in [1.54, 1.807) is 0 Å². The van der Waals surface area contributed by atoms with E-state index in [1.165, 1.54) is 0 Å². The molecule has 2 fully saturated rings. The second-order valence-electron chi connectivity index (χ2n) is 3.88. The number of aliphatic carboxylic acids is 1. The lowest BCUT2D eigenvalue weighted by atomic mass is 10.4. The van der Waals surface area contributed by atoms with E-state index in [9.17, 15) is 19.2 Å². The summed E-state index contributed by atoms with van der Waals surface area (Å²) in [5.74, 6) is -2.92. The van der Waals surface area contributed by atoms with Crippen molar-refractivity contribution in [1.82, 2.24) is 10.2 Å². The predicted molar refractivity (Wildman–Crippen MR) is 49.0 cm³/mol. The van der Waals surface area contributed by atoms with Crippen LogP contribution in [0.15, 0.2) is 0 Å². The Morgan fingerprint density at radius 2 is 1.88 bits per heavy atom. The van der Waals surface area contributed by atoms with E-state index in [-0.39, 0.29) is 30.2 Å². The highest BCUT2D eigenvalue weighted by atomic mass is 16.4. The van der Waals surface area contributed by atoms with Gasteiger partial charge in [0.2, 0.25) is 17.7 Å². The van der Waals surface area contributed by atoms with Gasteiger partial charge in [-0.2, -0.15) is 0 Å². The normalized spacial score (nSPS) is 26.6. The van der Waals surface area contributed by atoms with Crippen molar-refractivity contribution in [2.24, 2.45) is 11.8 Å². The number of hydrogen-bond acceptors (Lipinski definition) is 4. The molecule has 0 bridgehead atoms. The Morgan fingerprint density at radius 1 is 1.31 bits per heavy atom. The van der Waals surface area contributed by atoms with Crippen molar-refractivity contribution in [3.8, 4) is 0 Å². The first kappa shape index (κ1) is 10.6. The van der Waals surface area contributed by atoms with Crippen LogP contribution in [-0.2, 0) is 19.2 Å². The monoisotopic (exact) mass is 226 g/mol. The topological polar surface area (TPSA) is 104 Å². The van der Waals surface area contributed by atoms with Gasteiger partial charge in [-0.25, -0.2) is 0 Å². The number of carboxylic acid groups (broad SMARTS) is 1. The molecule has 7 heteroatoms. The fourth-order valence-electron chi connectivity index (χ4n) is 1.78. The van der Waals surface area contributed by atoms with Gasteiger partial charge in [0.1, 0.15) is 13.1 Å². The molecule has 86 valence electrons. The lowest BCUT2D eigenvalue weighted by Crippen LogP contribution is -2.43. The van der Waals surface area contributed by atoms with Gasteiger partial charge >= 0.3 is 5.97 Å². The largest absolute Gasteiger partial charge is 0.480 e. The molecule has 0 spiro atoms. The van der Waals surface area contributed by atoms with Gasteiger partial charge in [0.05, 0.1) is 11.8 Å². The Kier molecular flexibility index (Phi) is 2.37. The van der Waals surface area contributed by atoms with Crippen LogP contribution in [-0.4, -0.2) is 46.8 Å². The molecule has 1 heterocycles. The molecule has 1 aliphatic carbocycles. The lowest BCUT2D eigenvalue weighted by Gasteiger charge is -2.15. The number of nitrogens with one attached hydrogen (secondary N) is 1. The first-order chi connectivity index (χ1) is 7.50. The van der Waals surface area contributed by atoms with Gasteiger partial charge in [0.15, 0.2) is 0 Å². The number of hydrogen-bond donors (Lipinski definition) is 2. The zero-order valence-electron chi connectivity index (χ0n) is 8.30. The van der Waals surface area contributed by atoms with E-state index in [1.807, 2.05) is 0 Å². The van der Waals surface area contributed by atoms with Crippen LogP contribution in [0.4, 0.5) is 0 Å². The minimum Gasteiger partial charge on any atom is -0.480 e. The van der Waals surface area contributed by atoms with Crippen LogP contribution < -0.4 is 5.32 Å². The summed E-state index contributed by atoms with van der Waals surface area (Å²) >= 11 is 0. The van der Waals surface area contributed by atoms with Gasteiger partial charge in [0, 0.05) is 0 Å². The standard InChI is InChI=1S/C9H10N2O5/c12-6(10-2-7(13)14)3-11-8(15)4-1-5(4)9(11)16/h4-5H,1-3H2,(H,10,12)(H,13,14). The molecule has 1 aliphatic heterocycles. The quantitative estimate of drug-likeness (QED) is 0.550. The molecule has 2 unspecified atom stereocenters. The van der Waals surface area contributed by atoms with Gasteiger partial charge in [-0.15, -0.1) is 0 Å². The van der Waals surface area contributed by atoms with Crippen LogP contribution in [0.3, 0.4) is 0 Å². The fourth-order valence-corrected chi connectivity index (χ4v) is 1.78. The summed E-state index contributed by atoms with van der Waals surface area (Å²) in [5.41, 5.74) is 0. The molecular formula is C9H10N2O5. The molecule has 0 radical (unpaired) electrons. The molecule has 2 aliphatic rings. The van der Waals surface area contributed by atoms with E-state index in [2.05, 4.69) is 5.32 Å². The zero-order chi connectivity index (χ0) is 11.9. The molecule has 0 aromatic rings. The summed E-state index contributed by atoms with van der Waals surface area (Å²) in [5, 5.41) is 10.4. The molecule has 2 rings (SSSR count). The second kappa shape index (κ2) is 3.58. The molecule has 1 saturated carbocycles. The number of carbonyl (C=O) groups excluding carboxylic acids is 3. The highest BCUT2D eigenvalue weighted by molar-refractivity contribution is 6.10. The maximum atomic E-state index is 11.4. The molecular weight excluding hydrogens is 216 g/mol. The predicted octanol–water partition coefficient (Wildman–Crippen LogP) is -1.81. The van der Waals surface area contributed by atoms with Gasteiger partial charge in [0.25, 0.3) is 0 Å². The third-order valence-electron chi connectivity index (χ3n) is 2.70. The molecule has 0 aromatic heterocycles. The van der Waals surface area contributed by atoms with E-state index >= 15 is 0 Å². The van der Waals surface area contributed by atoms with Gasteiger partial charge in [-0.1, -0.05) is 0 Å². The highest BCUT2D eigenvalue weighted by Gasteiger charge is 2.58. The summed E-state index contributed by atoms with van der Waals surface area (Å²) in [7, 11) is 0. The fraction of sp³-hybridized carbons (Fsp3) is 0.556. The van der Waals surface area contributed by atoms with Crippen LogP contribution in [0, 0.1) is 11.8 Å². The zero-order valence-corrected chi connectivity index (χ0v) is 8.30. The average Bonchev–Trinajstić information content (AvgIpc) is 2.96. The third kappa shape index (κ3) is 1.75. The average molecular weight is 226 g/mol. The Bertz CT molecular complexity index is 371. The van der Waals surface area contributed by atoms with Crippen molar-refractivity contribution < 1.29 is 24.3 Å². The number of likely N-dealkylation sites (tertiary alicyclic amines) is 1. The molecule has 7 nitrogen and oxygen atoms in total. The van der Waals surface area contributed by atoms with E-state index in [0.29, 0.717) is 6.42 Å². The Labute approximate surface area is 90.4 Å². The van der Waals surface area contributed by atoms with E-state index in [0.717, 1.165) is 4.90 Å². The summed E-state index contributed by atoms with van der Waals surface area (Å²) in [6.45, 7) is -0.889. The molecule has 2 atom stereocenters. The molecule has 2 N–H and O–H groups in total. The Balaban J connectivity index is 1.86. The van der Waals surface area contributed by atoms with Crippen molar-refractivity contribution in [3.05, 3.63) is 0 Å². The maximum Gasteiger partial charge on any atom is 0.322 e. The number of fused-ring (bicyclic) bond motifs is 1. The van der Waals surface area contributed by atoms with Crippen molar-refractivity contribution in [3.63, 3.8) is 0 Å². The second-order valence-corrected chi connectivity index (χ2v) is 3.88. The first-order valence-corrected chi connectivity index (χ1v) is 4.84. The molecule has 3 amide bonds. The highest BCUT2D eigenvalue weighted by Crippen LogP contribution is 2.46. The van der Waals surface area contributed by atoms with Crippen LogP contribution >= 0.6 is 0 Å². The van der Waals surface area contributed by atoms with Gasteiger partial charge in [-0.05, 0) is 6.42 Å². The summed E-state index contributed by atoms with van der Waals surface area (Å²) < 4.78 is 0. The number of amides is 3. The SMILES string of the molecule is O=C(O)CNC(=O)CN1C(=O)C2CC2C1=O. The van der Waals surface area contributed by atoms with E-state index in [4.69, 9.17) is 5.11 Å². The summed E-state index contributed by atoms with van der Waals surface area (Å²) in [4.78, 5) is 45.1. The van der Waals surface area contributed by atoms with Crippen LogP contribution in [0.2, 0.25) is 0 Å². The lowest BCUT2D eigenvalue weighted by molar-refractivity contribution is -0.145. The Hall–Kier alpha value is -1.92. The summed E-state index contributed by atoms with van der Waals surface area (Å²) in [6, 6.07) is 0. The van der Waals surface area contributed by atoms with E-state index < -0.39 is 18.4 Å². The smallest absolute Gasteiger partial charge is 0.322 e. The van der Waals surface area contributed by atoms with Crippen molar-refractivity contribution in [1.29, 1.82) is 0 Å². The Morgan fingerprint density at radius 3 is 2.38 bits per heavy atom. The van der Waals surface area contributed by atoms with Crippen molar-refractivity contribution in [2.45, 2.75) is 6.42 Å². The first-order valence-electron chi connectivity index (χ1n) is 4.84. The molecule has 16 heavy (non-hydrogen) atoms. The van der Waals surface area contributed by atoms with Crippen LogP contribution in [0.25, 0.3) is 0 Å². The maximum absolute atomic E-state index is 11.4. The van der Waals surface area contributed by atoms with Crippen LogP contribution in [0.1, 0.15) is 6.42 Å². The van der Waals surface area contributed by atoms with Crippen LogP contribution in [0.5, 0.6) is 0 Å². The number of nitrogens with zero attached hydrogens (tertiary/aromatic N) is 1.